The maximum atomic E-state index is 11.0. The van der Waals surface area contributed by atoms with Gasteiger partial charge in [-0.15, -0.1) is 0 Å². The Balaban J connectivity index is 1.81. The molecular weight excluding hydrogens is 228 g/mol. The Kier molecular flexibility index (Phi) is 3.08. The standard InChI is InChI=1S/C15H18O3/c16-15(17)7-14(10-4-5-10)12-3-1-2-11(6-12)13-8-18-9-13/h1-3,6,10,13-14H,4-5,7-9H2,(H,16,17). The lowest BCUT2D eigenvalue weighted by molar-refractivity contribution is -0.137. The van der Waals surface area contributed by atoms with Crippen LogP contribution in [0.1, 0.15) is 42.2 Å². The van der Waals surface area contributed by atoms with E-state index in [2.05, 4.69) is 24.3 Å². The molecule has 3 nitrogen and oxygen atoms in total. The van der Waals surface area contributed by atoms with E-state index in [-0.39, 0.29) is 12.3 Å². The second-order valence-electron chi connectivity index (χ2n) is 5.45. The molecule has 0 bridgehead atoms. The van der Waals surface area contributed by atoms with Crippen LogP contribution in [0.4, 0.5) is 0 Å². The molecule has 3 rings (SSSR count). The van der Waals surface area contributed by atoms with Crippen molar-refractivity contribution in [2.24, 2.45) is 5.92 Å². The number of carboxylic acid groups (broad SMARTS) is 1. The Labute approximate surface area is 107 Å². The SMILES string of the molecule is O=C(O)CC(c1cccc(C2COC2)c1)C1CC1. The smallest absolute Gasteiger partial charge is 0.303 e. The fourth-order valence-corrected chi connectivity index (χ4v) is 2.72. The van der Waals surface area contributed by atoms with Crippen LogP contribution < -0.4 is 0 Å². The van der Waals surface area contributed by atoms with Crippen LogP contribution in [0.15, 0.2) is 24.3 Å². The molecule has 0 aromatic heterocycles. The predicted molar refractivity (Wildman–Crippen MR) is 67.7 cm³/mol. The van der Waals surface area contributed by atoms with Crippen molar-refractivity contribution in [3.8, 4) is 0 Å². The van der Waals surface area contributed by atoms with Crippen molar-refractivity contribution in [3.05, 3.63) is 35.4 Å². The molecule has 96 valence electrons. The molecular formula is C15H18O3. The number of carboxylic acids is 1. The van der Waals surface area contributed by atoms with E-state index < -0.39 is 5.97 Å². The van der Waals surface area contributed by atoms with Gasteiger partial charge >= 0.3 is 5.97 Å². The fourth-order valence-electron chi connectivity index (χ4n) is 2.72. The van der Waals surface area contributed by atoms with Crippen LogP contribution in [0.2, 0.25) is 0 Å². The molecule has 18 heavy (non-hydrogen) atoms. The third kappa shape index (κ3) is 2.41. The van der Waals surface area contributed by atoms with E-state index in [4.69, 9.17) is 9.84 Å². The lowest BCUT2D eigenvalue weighted by Gasteiger charge is -2.27. The quantitative estimate of drug-likeness (QED) is 0.869. The summed E-state index contributed by atoms with van der Waals surface area (Å²) in [6, 6.07) is 8.45. The van der Waals surface area contributed by atoms with Gasteiger partial charge in [0.25, 0.3) is 0 Å². The molecule has 3 heteroatoms. The number of carbonyl (C=O) groups is 1. The maximum absolute atomic E-state index is 11.0. The summed E-state index contributed by atoms with van der Waals surface area (Å²) in [6.07, 6.45) is 2.61. The van der Waals surface area contributed by atoms with Crippen molar-refractivity contribution in [2.45, 2.75) is 31.1 Å². The van der Waals surface area contributed by atoms with Crippen molar-refractivity contribution in [2.75, 3.05) is 13.2 Å². The van der Waals surface area contributed by atoms with Gasteiger partial charge in [0.05, 0.1) is 19.6 Å². The molecule has 0 spiro atoms. The monoisotopic (exact) mass is 246 g/mol. The number of benzene rings is 1. The highest BCUT2D eigenvalue weighted by atomic mass is 16.5. The van der Waals surface area contributed by atoms with Gasteiger partial charge in [-0.05, 0) is 35.8 Å². The average molecular weight is 246 g/mol. The van der Waals surface area contributed by atoms with Crippen molar-refractivity contribution in [1.29, 1.82) is 0 Å². The molecule has 2 aliphatic rings. The molecule has 1 atom stereocenters. The Morgan fingerprint density at radius 2 is 2.17 bits per heavy atom. The Hall–Kier alpha value is -1.35. The van der Waals surface area contributed by atoms with E-state index in [1.54, 1.807) is 0 Å². The zero-order valence-electron chi connectivity index (χ0n) is 10.3. The normalized spacial score (nSPS) is 21.3. The van der Waals surface area contributed by atoms with Crippen LogP contribution in [-0.4, -0.2) is 24.3 Å². The highest BCUT2D eigenvalue weighted by Crippen LogP contribution is 2.45. The molecule has 2 fully saturated rings. The number of ether oxygens (including phenoxy) is 1. The first-order chi connectivity index (χ1) is 8.74. The van der Waals surface area contributed by atoms with Crippen LogP contribution >= 0.6 is 0 Å². The molecule has 1 saturated carbocycles. The first-order valence-corrected chi connectivity index (χ1v) is 6.63. The molecule has 0 amide bonds. The summed E-state index contributed by atoms with van der Waals surface area (Å²) in [6.45, 7) is 1.60. The summed E-state index contributed by atoms with van der Waals surface area (Å²) in [5.41, 5.74) is 2.50. The van der Waals surface area contributed by atoms with Crippen molar-refractivity contribution < 1.29 is 14.6 Å². The maximum Gasteiger partial charge on any atom is 0.303 e. The zero-order valence-corrected chi connectivity index (χ0v) is 10.3. The second kappa shape index (κ2) is 4.73. The van der Waals surface area contributed by atoms with Crippen molar-refractivity contribution in [1.82, 2.24) is 0 Å². The fraction of sp³-hybridized carbons (Fsp3) is 0.533. The van der Waals surface area contributed by atoms with Gasteiger partial charge < -0.3 is 9.84 Å². The van der Waals surface area contributed by atoms with E-state index in [9.17, 15) is 4.79 Å². The molecule has 1 unspecified atom stereocenters. The van der Waals surface area contributed by atoms with Gasteiger partial charge in [0.15, 0.2) is 0 Å². The van der Waals surface area contributed by atoms with Crippen LogP contribution in [0.25, 0.3) is 0 Å². The highest BCUT2D eigenvalue weighted by Gasteiger charge is 2.34. The molecule has 0 radical (unpaired) electrons. The van der Waals surface area contributed by atoms with Crippen LogP contribution in [0.5, 0.6) is 0 Å². The predicted octanol–water partition coefficient (Wildman–Crippen LogP) is 2.77. The minimum Gasteiger partial charge on any atom is -0.481 e. The summed E-state index contributed by atoms with van der Waals surface area (Å²) in [5.74, 6) is 0.594. The minimum absolute atomic E-state index is 0.198. The molecule has 1 aromatic rings. The topological polar surface area (TPSA) is 46.5 Å². The lowest BCUT2D eigenvalue weighted by Crippen LogP contribution is -2.25. The van der Waals surface area contributed by atoms with Gasteiger partial charge in [0.1, 0.15) is 0 Å². The summed E-state index contributed by atoms with van der Waals surface area (Å²) in [4.78, 5) is 11.0. The molecule has 1 aromatic carbocycles. The first-order valence-electron chi connectivity index (χ1n) is 6.63. The molecule has 1 heterocycles. The number of hydrogen-bond acceptors (Lipinski definition) is 2. The molecule has 1 saturated heterocycles. The Bertz CT molecular complexity index is 447. The summed E-state index contributed by atoms with van der Waals surface area (Å²) in [7, 11) is 0. The van der Waals surface area contributed by atoms with Crippen LogP contribution in [0.3, 0.4) is 0 Å². The van der Waals surface area contributed by atoms with Crippen molar-refractivity contribution >= 4 is 5.97 Å². The zero-order chi connectivity index (χ0) is 12.5. The van der Waals surface area contributed by atoms with Gasteiger partial charge in [-0.2, -0.15) is 0 Å². The van der Waals surface area contributed by atoms with E-state index >= 15 is 0 Å². The lowest BCUT2D eigenvalue weighted by atomic mass is 9.87. The first kappa shape index (κ1) is 11.7. The minimum atomic E-state index is -0.690. The van der Waals surface area contributed by atoms with E-state index in [0.717, 1.165) is 13.2 Å². The summed E-state index contributed by atoms with van der Waals surface area (Å²) in [5, 5.41) is 9.04. The average Bonchev–Trinajstić information content (AvgIpc) is 3.07. The number of hydrogen-bond donors (Lipinski definition) is 1. The van der Waals surface area contributed by atoms with Gasteiger partial charge in [0.2, 0.25) is 0 Å². The summed E-state index contributed by atoms with van der Waals surface area (Å²) < 4.78 is 5.22. The summed E-state index contributed by atoms with van der Waals surface area (Å²) >= 11 is 0. The van der Waals surface area contributed by atoms with Gasteiger partial charge in [-0.1, -0.05) is 24.3 Å². The molecule has 1 N–H and O–H groups in total. The van der Waals surface area contributed by atoms with E-state index in [0.29, 0.717) is 11.8 Å². The second-order valence-corrected chi connectivity index (χ2v) is 5.45. The van der Waals surface area contributed by atoms with Crippen LogP contribution in [-0.2, 0) is 9.53 Å². The Morgan fingerprint density at radius 3 is 2.72 bits per heavy atom. The number of aliphatic carboxylic acids is 1. The van der Waals surface area contributed by atoms with Gasteiger partial charge in [0, 0.05) is 5.92 Å². The number of rotatable bonds is 5. The largest absolute Gasteiger partial charge is 0.481 e. The molecule has 1 aliphatic carbocycles. The van der Waals surface area contributed by atoms with Crippen LogP contribution in [0, 0.1) is 5.92 Å². The molecule has 1 aliphatic heterocycles. The third-order valence-electron chi connectivity index (χ3n) is 4.03. The Morgan fingerprint density at radius 1 is 1.39 bits per heavy atom. The van der Waals surface area contributed by atoms with E-state index in [1.165, 1.54) is 24.0 Å². The van der Waals surface area contributed by atoms with Crippen molar-refractivity contribution in [3.63, 3.8) is 0 Å². The third-order valence-corrected chi connectivity index (χ3v) is 4.03. The van der Waals surface area contributed by atoms with E-state index in [1.807, 2.05) is 0 Å². The van der Waals surface area contributed by atoms with Gasteiger partial charge in [-0.25, -0.2) is 0 Å². The highest BCUT2D eigenvalue weighted by molar-refractivity contribution is 5.68. The van der Waals surface area contributed by atoms with Gasteiger partial charge in [-0.3, -0.25) is 4.79 Å².